The van der Waals surface area contributed by atoms with Crippen molar-refractivity contribution < 1.29 is 24.1 Å². The molecule has 0 aromatic rings. The van der Waals surface area contributed by atoms with Crippen molar-refractivity contribution in [2.75, 3.05) is 27.4 Å². The van der Waals surface area contributed by atoms with Crippen molar-refractivity contribution >= 4 is 5.97 Å². The fourth-order valence-electron chi connectivity index (χ4n) is 3.56. The summed E-state index contributed by atoms with van der Waals surface area (Å²) in [5.41, 5.74) is -0.204. The molecule has 0 amide bonds. The van der Waals surface area contributed by atoms with Crippen molar-refractivity contribution in [3.05, 3.63) is 12.2 Å². The van der Waals surface area contributed by atoms with Crippen LogP contribution in [-0.4, -0.2) is 66.8 Å². The van der Waals surface area contributed by atoms with E-state index in [9.17, 15) is 9.90 Å². The number of likely N-dealkylation sites (tertiary alicyclic amines) is 1. The van der Waals surface area contributed by atoms with E-state index in [0.29, 0.717) is 6.61 Å². The number of hydrogen-bond acceptors (Lipinski definition) is 6. The second kappa shape index (κ2) is 8.24. The van der Waals surface area contributed by atoms with E-state index in [1.165, 1.54) is 26.4 Å². The first kappa shape index (κ1) is 20.1. The van der Waals surface area contributed by atoms with Gasteiger partial charge in [-0.15, -0.1) is 0 Å². The van der Waals surface area contributed by atoms with Gasteiger partial charge in [0.25, 0.3) is 0 Å². The molecule has 1 aliphatic rings. The Morgan fingerprint density at radius 2 is 1.83 bits per heavy atom. The van der Waals surface area contributed by atoms with Crippen LogP contribution in [0.25, 0.3) is 0 Å². The zero-order chi connectivity index (χ0) is 17.7. The molecule has 1 N–H and O–H groups in total. The van der Waals surface area contributed by atoms with Crippen LogP contribution in [0.5, 0.6) is 0 Å². The highest BCUT2D eigenvalue weighted by atomic mass is 16.7. The molecule has 23 heavy (non-hydrogen) atoms. The van der Waals surface area contributed by atoms with Crippen LogP contribution in [-0.2, 0) is 19.0 Å². The third-order valence-corrected chi connectivity index (χ3v) is 4.35. The predicted molar refractivity (Wildman–Crippen MR) is 88.0 cm³/mol. The minimum atomic E-state index is -0.587. The lowest BCUT2D eigenvalue weighted by Crippen LogP contribution is -2.62. The number of hydrogen-bond donors (Lipinski definition) is 1. The molecule has 134 valence electrons. The third-order valence-electron chi connectivity index (χ3n) is 4.35. The van der Waals surface area contributed by atoms with Crippen LogP contribution in [0.4, 0.5) is 0 Å². The summed E-state index contributed by atoms with van der Waals surface area (Å²) in [5, 5.41) is 10.1. The van der Waals surface area contributed by atoms with E-state index in [4.69, 9.17) is 9.47 Å². The summed E-state index contributed by atoms with van der Waals surface area (Å²) in [4.78, 5) is 13.5. The van der Waals surface area contributed by atoms with Crippen LogP contribution in [0.3, 0.4) is 0 Å². The lowest BCUT2D eigenvalue weighted by atomic mass is 9.78. The smallest absolute Gasteiger partial charge is 0.330 e. The highest BCUT2D eigenvalue weighted by molar-refractivity contribution is 5.81. The topological polar surface area (TPSA) is 68.2 Å². The summed E-state index contributed by atoms with van der Waals surface area (Å²) < 4.78 is 15.4. The summed E-state index contributed by atoms with van der Waals surface area (Å²) in [6.45, 7) is 9.75. The zero-order valence-electron chi connectivity index (χ0n) is 15.2. The number of carbonyl (C=O) groups is 1. The van der Waals surface area contributed by atoms with Crippen LogP contribution in [0, 0.1) is 0 Å². The number of aliphatic hydroxyl groups excluding tert-OH is 1. The Hall–Kier alpha value is -0.950. The molecule has 1 unspecified atom stereocenters. The van der Waals surface area contributed by atoms with Gasteiger partial charge in [0, 0.05) is 30.8 Å². The summed E-state index contributed by atoms with van der Waals surface area (Å²) in [7, 11) is 2.85. The highest BCUT2D eigenvalue weighted by Crippen LogP contribution is 2.37. The molecule has 0 spiro atoms. The molecule has 0 aromatic carbocycles. The number of methoxy groups -OCH3 is 2. The largest absolute Gasteiger partial charge is 0.466 e. The van der Waals surface area contributed by atoms with Gasteiger partial charge in [0.2, 0.25) is 0 Å². The van der Waals surface area contributed by atoms with Crippen LogP contribution in [0.15, 0.2) is 12.2 Å². The van der Waals surface area contributed by atoms with Gasteiger partial charge in [0.05, 0.1) is 19.8 Å². The van der Waals surface area contributed by atoms with Gasteiger partial charge in [0.15, 0.2) is 6.29 Å². The molecule has 1 rings (SSSR count). The molecule has 0 aromatic heterocycles. The molecule has 1 aliphatic heterocycles. The number of carbonyl (C=O) groups excluding carboxylic acids is 1. The van der Waals surface area contributed by atoms with Gasteiger partial charge < -0.3 is 19.3 Å². The average Bonchev–Trinajstić information content (AvgIpc) is 2.42. The molecule has 0 saturated carbocycles. The minimum Gasteiger partial charge on any atom is -0.466 e. The Morgan fingerprint density at radius 3 is 2.30 bits per heavy atom. The molecule has 0 radical (unpaired) electrons. The number of aliphatic hydroxyl groups is 1. The van der Waals surface area contributed by atoms with Gasteiger partial charge in [-0.05, 0) is 46.6 Å². The van der Waals surface area contributed by atoms with E-state index in [0.717, 1.165) is 19.4 Å². The summed E-state index contributed by atoms with van der Waals surface area (Å²) in [6.07, 6.45) is 3.45. The Morgan fingerprint density at radius 1 is 1.26 bits per heavy atom. The average molecular weight is 329 g/mol. The van der Waals surface area contributed by atoms with Crippen LogP contribution >= 0.6 is 0 Å². The van der Waals surface area contributed by atoms with Crippen molar-refractivity contribution in [1.82, 2.24) is 4.90 Å². The standard InChI is InChI=1S/C17H31NO5/c1-16(2)11-13(19)12-17(3,4)18(16)9-10-23-15(22-6)8-7-14(20)21-5/h7-8,13,15,19H,9-12H2,1-6H3/b8-7+. The van der Waals surface area contributed by atoms with Crippen molar-refractivity contribution in [3.63, 3.8) is 0 Å². The molecular formula is C17H31NO5. The maximum atomic E-state index is 11.1. The molecule has 1 saturated heterocycles. The van der Waals surface area contributed by atoms with E-state index in [1.807, 2.05) is 0 Å². The maximum absolute atomic E-state index is 11.1. The van der Waals surface area contributed by atoms with Crippen LogP contribution in [0.2, 0.25) is 0 Å². The SMILES string of the molecule is COC(=O)/C=C/C(OC)OCCN1C(C)(C)CC(O)CC1(C)C. The molecule has 6 nitrogen and oxygen atoms in total. The van der Waals surface area contributed by atoms with Gasteiger partial charge in [0.1, 0.15) is 0 Å². The van der Waals surface area contributed by atoms with Gasteiger partial charge in [-0.25, -0.2) is 4.79 Å². The second-order valence-corrected chi connectivity index (χ2v) is 7.20. The van der Waals surface area contributed by atoms with Crippen molar-refractivity contribution in [1.29, 1.82) is 0 Å². The molecular weight excluding hydrogens is 298 g/mol. The normalized spacial score (nSPS) is 23.1. The summed E-state index contributed by atoms with van der Waals surface area (Å²) in [5.74, 6) is -0.442. The molecule has 1 atom stereocenters. The number of nitrogens with zero attached hydrogens (tertiary/aromatic N) is 1. The molecule has 0 bridgehead atoms. The second-order valence-electron chi connectivity index (χ2n) is 7.20. The highest BCUT2D eigenvalue weighted by Gasteiger charge is 2.44. The summed E-state index contributed by atoms with van der Waals surface area (Å²) >= 11 is 0. The third kappa shape index (κ3) is 5.88. The van der Waals surface area contributed by atoms with Crippen molar-refractivity contribution in [2.45, 2.75) is 64.0 Å². The Kier molecular flexibility index (Phi) is 7.20. The van der Waals surface area contributed by atoms with Crippen LogP contribution < -0.4 is 0 Å². The predicted octanol–water partition coefficient (Wildman–Crippen LogP) is 1.72. The first-order valence-electron chi connectivity index (χ1n) is 7.99. The van der Waals surface area contributed by atoms with E-state index in [-0.39, 0.29) is 17.2 Å². The van der Waals surface area contributed by atoms with Crippen molar-refractivity contribution in [2.24, 2.45) is 0 Å². The van der Waals surface area contributed by atoms with E-state index >= 15 is 0 Å². The number of rotatable bonds is 7. The van der Waals surface area contributed by atoms with Gasteiger partial charge in [-0.1, -0.05) is 0 Å². The number of ether oxygens (including phenoxy) is 3. The van der Waals surface area contributed by atoms with Gasteiger partial charge in [-0.3, -0.25) is 4.90 Å². The lowest BCUT2D eigenvalue weighted by Gasteiger charge is -2.54. The Labute approximate surface area is 139 Å². The Bertz CT molecular complexity index is 401. The first-order chi connectivity index (χ1) is 10.6. The molecule has 6 heteroatoms. The minimum absolute atomic E-state index is 0.102. The summed E-state index contributed by atoms with van der Waals surface area (Å²) in [6, 6.07) is 0. The Balaban J connectivity index is 2.58. The van der Waals surface area contributed by atoms with Gasteiger partial charge in [-0.2, -0.15) is 0 Å². The fraction of sp³-hybridized carbons (Fsp3) is 0.824. The van der Waals surface area contributed by atoms with Gasteiger partial charge >= 0.3 is 5.97 Å². The fourth-order valence-corrected chi connectivity index (χ4v) is 3.56. The lowest BCUT2D eigenvalue weighted by molar-refractivity contribution is -0.135. The van der Waals surface area contributed by atoms with E-state index < -0.39 is 12.3 Å². The molecule has 0 aliphatic carbocycles. The van der Waals surface area contributed by atoms with Crippen molar-refractivity contribution in [3.8, 4) is 0 Å². The molecule has 1 heterocycles. The van der Waals surface area contributed by atoms with E-state index in [2.05, 4.69) is 37.3 Å². The van der Waals surface area contributed by atoms with Crippen LogP contribution in [0.1, 0.15) is 40.5 Å². The number of piperidine rings is 1. The molecule has 1 fully saturated rings. The quantitative estimate of drug-likeness (QED) is 0.436. The number of esters is 1. The zero-order valence-corrected chi connectivity index (χ0v) is 15.2. The van der Waals surface area contributed by atoms with E-state index in [1.54, 1.807) is 0 Å². The maximum Gasteiger partial charge on any atom is 0.330 e. The monoisotopic (exact) mass is 329 g/mol. The first-order valence-corrected chi connectivity index (χ1v) is 7.99.